The lowest BCUT2D eigenvalue weighted by Crippen LogP contribution is -2.41. The molecule has 3 aliphatic heterocycles. The minimum absolute atomic E-state index is 0.152. The zero-order valence-corrected chi connectivity index (χ0v) is 15.9. The maximum atomic E-state index is 13.2. The average molecular weight is 379 g/mol. The number of hydrogen-bond donors (Lipinski definition) is 1. The molecule has 2 fully saturated rings. The Hall–Kier alpha value is -2.93. The number of aryl methyl sites for hydroxylation is 3. The van der Waals surface area contributed by atoms with Crippen molar-refractivity contribution in [2.24, 2.45) is 11.8 Å². The van der Waals surface area contributed by atoms with E-state index in [0.29, 0.717) is 18.1 Å². The molecule has 4 atom stereocenters. The Bertz CT molecular complexity index is 1010. The van der Waals surface area contributed by atoms with Crippen LogP contribution in [-0.2, 0) is 14.3 Å². The molecular weight excluding hydrogens is 358 g/mol. The molecule has 1 aromatic carbocycles. The molecule has 0 aliphatic carbocycles. The van der Waals surface area contributed by atoms with Gasteiger partial charge in [-0.15, -0.1) is 0 Å². The molecule has 0 unspecified atom stereocenters. The fourth-order valence-corrected chi connectivity index (χ4v) is 4.74. The van der Waals surface area contributed by atoms with Crippen LogP contribution >= 0.6 is 0 Å². The predicted octanol–water partition coefficient (Wildman–Crippen LogP) is 2.52. The number of aromatic nitrogens is 1. The largest absolute Gasteiger partial charge is 0.360 e. The molecule has 1 spiro atoms. The number of nitrogens with one attached hydrogen (secondary N) is 1. The summed E-state index contributed by atoms with van der Waals surface area (Å²) in [5, 5.41) is 6.94. The number of rotatable bonds is 3. The van der Waals surface area contributed by atoms with Crippen LogP contribution < -0.4 is 10.2 Å². The number of anilines is 2. The highest BCUT2D eigenvalue weighted by molar-refractivity contribution is 6.05. The summed E-state index contributed by atoms with van der Waals surface area (Å²) in [5.74, 6) is -0.400. The molecule has 7 heteroatoms. The van der Waals surface area contributed by atoms with E-state index in [1.54, 1.807) is 17.9 Å². The van der Waals surface area contributed by atoms with E-state index in [-0.39, 0.29) is 17.9 Å². The normalized spacial score (nSPS) is 30.2. The number of carbonyl (C=O) groups excluding carboxylic acids is 2. The standard InChI is InChI=1S/C21H21N3O4/c1-11-6-12(2)8-14(7-11)22-19(25)17-15-4-5-21(27-15)10-24(20(26)18(17)21)16-9-13(3)28-23-16/h4-9,15,17-18H,10H2,1-3H3,(H,22,25)/t15-,17-,18-,21-/m1/s1. The van der Waals surface area contributed by atoms with E-state index in [4.69, 9.17) is 9.26 Å². The Labute approximate surface area is 162 Å². The first-order chi connectivity index (χ1) is 13.4. The second-order valence-corrected chi connectivity index (χ2v) is 7.99. The first kappa shape index (κ1) is 17.2. The number of benzene rings is 1. The van der Waals surface area contributed by atoms with Crippen molar-refractivity contribution in [1.82, 2.24) is 5.16 Å². The van der Waals surface area contributed by atoms with Crippen LogP contribution in [-0.4, -0.2) is 35.2 Å². The van der Waals surface area contributed by atoms with Crippen molar-refractivity contribution in [2.75, 3.05) is 16.8 Å². The Morgan fingerprint density at radius 1 is 1.21 bits per heavy atom. The second-order valence-electron chi connectivity index (χ2n) is 7.99. The lowest BCUT2D eigenvalue weighted by Gasteiger charge is -2.23. The molecule has 0 radical (unpaired) electrons. The van der Waals surface area contributed by atoms with Crippen molar-refractivity contribution in [3.8, 4) is 0 Å². The van der Waals surface area contributed by atoms with Crippen molar-refractivity contribution in [2.45, 2.75) is 32.5 Å². The molecule has 5 rings (SSSR count). The molecular formula is C21H21N3O4. The molecule has 28 heavy (non-hydrogen) atoms. The summed E-state index contributed by atoms with van der Waals surface area (Å²) in [4.78, 5) is 27.9. The number of nitrogens with zero attached hydrogens (tertiary/aromatic N) is 2. The number of hydrogen-bond acceptors (Lipinski definition) is 5. The van der Waals surface area contributed by atoms with Crippen LogP contribution in [0.2, 0.25) is 0 Å². The van der Waals surface area contributed by atoms with E-state index >= 15 is 0 Å². The lowest BCUT2D eigenvalue weighted by molar-refractivity contribution is -0.128. The molecule has 7 nitrogen and oxygen atoms in total. The van der Waals surface area contributed by atoms with E-state index in [0.717, 1.165) is 16.8 Å². The van der Waals surface area contributed by atoms with Crippen molar-refractivity contribution >= 4 is 23.3 Å². The number of ether oxygens (including phenoxy) is 1. The zero-order chi connectivity index (χ0) is 19.6. The van der Waals surface area contributed by atoms with Gasteiger partial charge < -0.3 is 14.6 Å². The molecule has 144 valence electrons. The van der Waals surface area contributed by atoms with E-state index in [9.17, 15) is 9.59 Å². The van der Waals surface area contributed by atoms with Crippen LogP contribution in [0.3, 0.4) is 0 Å². The topological polar surface area (TPSA) is 84.7 Å². The van der Waals surface area contributed by atoms with Gasteiger partial charge in [-0.1, -0.05) is 23.4 Å². The maximum Gasteiger partial charge on any atom is 0.235 e. The predicted molar refractivity (Wildman–Crippen MR) is 102 cm³/mol. The summed E-state index contributed by atoms with van der Waals surface area (Å²) in [5.41, 5.74) is 2.09. The average Bonchev–Trinajstić information content (AvgIpc) is 3.35. The molecule has 2 bridgehead atoms. The Balaban J connectivity index is 1.44. The van der Waals surface area contributed by atoms with E-state index in [2.05, 4.69) is 10.5 Å². The molecule has 3 aliphatic rings. The van der Waals surface area contributed by atoms with Gasteiger partial charge in [0.25, 0.3) is 0 Å². The van der Waals surface area contributed by atoms with E-state index in [1.807, 2.05) is 44.2 Å². The number of carbonyl (C=O) groups is 2. The summed E-state index contributed by atoms with van der Waals surface area (Å²) >= 11 is 0. The smallest absolute Gasteiger partial charge is 0.235 e. The van der Waals surface area contributed by atoms with Crippen LogP contribution in [0.15, 0.2) is 40.9 Å². The summed E-state index contributed by atoms with van der Waals surface area (Å²) in [6, 6.07) is 7.61. The molecule has 0 saturated carbocycles. The van der Waals surface area contributed by atoms with Gasteiger partial charge in [-0.3, -0.25) is 14.5 Å². The molecule has 2 amide bonds. The quantitative estimate of drug-likeness (QED) is 0.829. The van der Waals surface area contributed by atoms with Crippen LogP contribution in [0.5, 0.6) is 0 Å². The Morgan fingerprint density at radius 2 is 1.96 bits per heavy atom. The second kappa shape index (κ2) is 5.78. The summed E-state index contributed by atoms with van der Waals surface area (Å²) in [7, 11) is 0. The SMILES string of the molecule is Cc1cc(C)cc(NC(=O)[C@@H]2[C@H]3C=C[C@]4(CN(c5cc(C)on5)C(=O)[C@@H]24)O3)c1. The number of fused-ring (bicyclic) bond motifs is 1. The van der Waals surface area contributed by atoms with Crippen LogP contribution in [0.4, 0.5) is 11.5 Å². The third-order valence-electron chi connectivity index (χ3n) is 5.78. The maximum absolute atomic E-state index is 13.2. The van der Waals surface area contributed by atoms with Gasteiger partial charge in [-0.25, -0.2) is 0 Å². The Kier molecular flexibility index (Phi) is 3.55. The van der Waals surface area contributed by atoms with Crippen molar-refractivity contribution in [1.29, 1.82) is 0 Å². The molecule has 2 aromatic rings. The first-order valence-electron chi connectivity index (χ1n) is 9.37. The zero-order valence-electron chi connectivity index (χ0n) is 15.9. The minimum Gasteiger partial charge on any atom is -0.360 e. The van der Waals surface area contributed by atoms with Gasteiger partial charge in [0.15, 0.2) is 5.82 Å². The third-order valence-corrected chi connectivity index (χ3v) is 5.78. The van der Waals surface area contributed by atoms with Gasteiger partial charge in [-0.05, 0) is 44.0 Å². The minimum atomic E-state index is -0.779. The van der Waals surface area contributed by atoms with Crippen LogP contribution in [0.1, 0.15) is 16.9 Å². The van der Waals surface area contributed by atoms with Gasteiger partial charge in [0.05, 0.1) is 24.5 Å². The lowest BCUT2D eigenvalue weighted by atomic mass is 9.76. The van der Waals surface area contributed by atoms with Gasteiger partial charge in [0.1, 0.15) is 11.4 Å². The van der Waals surface area contributed by atoms with E-state index < -0.39 is 17.4 Å². The molecule has 1 N–H and O–H groups in total. The monoisotopic (exact) mass is 379 g/mol. The van der Waals surface area contributed by atoms with Gasteiger partial charge in [0, 0.05) is 11.8 Å². The Morgan fingerprint density at radius 3 is 2.64 bits per heavy atom. The highest BCUT2D eigenvalue weighted by Gasteiger charge is 2.67. The molecule has 1 aromatic heterocycles. The summed E-state index contributed by atoms with van der Waals surface area (Å²) in [6.45, 7) is 6.08. The fraction of sp³-hybridized carbons (Fsp3) is 0.381. The van der Waals surface area contributed by atoms with E-state index in [1.165, 1.54) is 0 Å². The molecule has 2 saturated heterocycles. The highest BCUT2D eigenvalue weighted by Crippen LogP contribution is 2.52. The van der Waals surface area contributed by atoms with Crippen molar-refractivity contribution in [3.63, 3.8) is 0 Å². The van der Waals surface area contributed by atoms with Crippen molar-refractivity contribution in [3.05, 3.63) is 53.3 Å². The summed E-state index contributed by atoms with van der Waals surface area (Å²) in [6.07, 6.45) is 3.43. The summed E-state index contributed by atoms with van der Waals surface area (Å²) < 4.78 is 11.3. The fourth-order valence-electron chi connectivity index (χ4n) is 4.74. The molecule has 4 heterocycles. The van der Waals surface area contributed by atoms with Gasteiger partial charge >= 0.3 is 0 Å². The van der Waals surface area contributed by atoms with Crippen molar-refractivity contribution < 1.29 is 18.8 Å². The third kappa shape index (κ3) is 2.43. The van der Waals surface area contributed by atoms with Crippen LogP contribution in [0.25, 0.3) is 0 Å². The first-order valence-corrected chi connectivity index (χ1v) is 9.37. The number of amides is 2. The van der Waals surface area contributed by atoms with Gasteiger partial charge in [0.2, 0.25) is 11.8 Å². The van der Waals surface area contributed by atoms with Crippen LogP contribution in [0, 0.1) is 32.6 Å². The highest BCUT2D eigenvalue weighted by atomic mass is 16.5. The van der Waals surface area contributed by atoms with Gasteiger partial charge in [-0.2, -0.15) is 0 Å².